The van der Waals surface area contributed by atoms with E-state index in [2.05, 4.69) is 17.0 Å². The molecule has 0 heterocycles. The van der Waals surface area contributed by atoms with E-state index >= 15 is 0 Å². The largest absolute Gasteiger partial charge is 0.497 e. The first-order valence-corrected chi connectivity index (χ1v) is 12.2. The lowest BCUT2D eigenvalue weighted by Crippen LogP contribution is -2.16. The maximum absolute atomic E-state index is 13.0. The summed E-state index contributed by atoms with van der Waals surface area (Å²) in [5.74, 6) is 1.06. The number of rotatable bonds is 11. The molecule has 180 valence electrons. The molecule has 0 bridgehead atoms. The third-order valence-corrected chi connectivity index (χ3v) is 6.34. The first-order valence-electron chi connectivity index (χ1n) is 10.8. The van der Waals surface area contributed by atoms with Gasteiger partial charge in [0, 0.05) is 16.9 Å². The molecular weight excluding hydrogens is 456 g/mol. The molecule has 9 heteroatoms. The highest BCUT2D eigenvalue weighted by atomic mass is 32.2. The number of hydrogen-bond donors (Lipinski definition) is 2. The standard InChI is InChI=1S/C25H28N2O6S/c1-4-5-16-33-22-11-6-18(7-12-22)25(28)26-20-10-15-23(32-3)24(17-20)34(29,30)27-19-8-13-21(31-2)14-9-19/h6-15,17,27H,4-5,16H2,1-3H3,(H,26,28). The summed E-state index contributed by atoms with van der Waals surface area (Å²) in [6.45, 7) is 2.71. The van der Waals surface area contributed by atoms with E-state index in [1.54, 1.807) is 54.6 Å². The van der Waals surface area contributed by atoms with Crippen LogP contribution in [0.15, 0.2) is 71.6 Å². The second-order valence-electron chi connectivity index (χ2n) is 7.38. The van der Waals surface area contributed by atoms with E-state index in [1.165, 1.54) is 26.4 Å². The van der Waals surface area contributed by atoms with Crippen molar-refractivity contribution in [3.8, 4) is 17.2 Å². The smallest absolute Gasteiger partial charge is 0.265 e. The Hall–Kier alpha value is -3.72. The minimum atomic E-state index is -4.00. The van der Waals surface area contributed by atoms with Crippen molar-refractivity contribution < 1.29 is 27.4 Å². The molecular formula is C25H28N2O6S. The van der Waals surface area contributed by atoms with Gasteiger partial charge in [0.25, 0.3) is 15.9 Å². The molecule has 0 aliphatic rings. The Balaban J connectivity index is 1.76. The molecule has 3 aromatic rings. The number of sulfonamides is 1. The van der Waals surface area contributed by atoms with E-state index in [4.69, 9.17) is 14.2 Å². The Morgan fingerprint density at radius 1 is 0.853 bits per heavy atom. The Labute approximate surface area is 199 Å². The summed E-state index contributed by atoms with van der Waals surface area (Å²) >= 11 is 0. The SMILES string of the molecule is CCCCOc1ccc(C(=O)Nc2ccc(OC)c(S(=O)(=O)Nc3ccc(OC)cc3)c2)cc1. The fraction of sp³-hybridized carbons (Fsp3) is 0.240. The zero-order valence-electron chi connectivity index (χ0n) is 19.3. The number of ether oxygens (including phenoxy) is 3. The third-order valence-electron chi connectivity index (χ3n) is 4.94. The van der Waals surface area contributed by atoms with Crippen LogP contribution in [-0.2, 0) is 10.0 Å². The molecule has 3 rings (SSSR count). The van der Waals surface area contributed by atoms with Crippen molar-refractivity contribution in [3.05, 3.63) is 72.3 Å². The van der Waals surface area contributed by atoms with Crippen molar-refractivity contribution in [1.82, 2.24) is 0 Å². The second-order valence-corrected chi connectivity index (χ2v) is 9.03. The van der Waals surface area contributed by atoms with Crippen LogP contribution in [0.25, 0.3) is 0 Å². The van der Waals surface area contributed by atoms with E-state index in [1.807, 2.05) is 0 Å². The Morgan fingerprint density at radius 3 is 2.12 bits per heavy atom. The number of benzene rings is 3. The van der Waals surface area contributed by atoms with Crippen LogP contribution >= 0.6 is 0 Å². The molecule has 0 radical (unpaired) electrons. The van der Waals surface area contributed by atoms with Crippen LogP contribution in [0.3, 0.4) is 0 Å². The highest BCUT2D eigenvalue weighted by molar-refractivity contribution is 7.92. The molecule has 0 atom stereocenters. The fourth-order valence-corrected chi connectivity index (χ4v) is 4.33. The maximum Gasteiger partial charge on any atom is 0.265 e. The van der Waals surface area contributed by atoms with Crippen molar-refractivity contribution in [2.75, 3.05) is 30.9 Å². The van der Waals surface area contributed by atoms with Gasteiger partial charge in [-0.2, -0.15) is 0 Å². The summed E-state index contributed by atoms with van der Waals surface area (Å²) in [4.78, 5) is 12.6. The minimum Gasteiger partial charge on any atom is -0.497 e. The summed E-state index contributed by atoms with van der Waals surface area (Å²) in [6.07, 6.45) is 1.99. The zero-order chi connectivity index (χ0) is 24.6. The Bertz CT molecular complexity index is 1210. The van der Waals surface area contributed by atoms with Crippen LogP contribution in [0, 0.1) is 0 Å². The van der Waals surface area contributed by atoms with Crippen LogP contribution in [0.1, 0.15) is 30.1 Å². The van der Waals surface area contributed by atoms with Gasteiger partial charge in [-0.25, -0.2) is 8.42 Å². The van der Waals surface area contributed by atoms with Crippen LogP contribution in [0.2, 0.25) is 0 Å². The van der Waals surface area contributed by atoms with Gasteiger partial charge in [-0.1, -0.05) is 13.3 Å². The van der Waals surface area contributed by atoms with Gasteiger partial charge in [0.1, 0.15) is 22.1 Å². The molecule has 0 saturated heterocycles. The molecule has 0 aliphatic heterocycles. The van der Waals surface area contributed by atoms with E-state index in [0.717, 1.165) is 12.8 Å². The fourth-order valence-electron chi connectivity index (χ4n) is 3.07. The van der Waals surface area contributed by atoms with Crippen molar-refractivity contribution >= 4 is 27.3 Å². The number of methoxy groups -OCH3 is 2. The average Bonchev–Trinajstić information content (AvgIpc) is 2.85. The van der Waals surface area contributed by atoms with Gasteiger partial charge in [-0.3, -0.25) is 9.52 Å². The van der Waals surface area contributed by atoms with Crippen molar-refractivity contribution in [3.63, 3.8) is 0 Å². The molecule has 2 N–H and O–H groups in total. The summed E-state index contributed by atoms with van der Waals surface area (Å²) in [5.41, 5.74) is 1.09. The number of hydrogen-bond acceptors (Lipinski definition) is 6. The lowest BCUT2D eigenvalue weighted by atomic mass is 10.2. The Kier molecular flexibility index (Phi) is 8.37. The second kappa shape index (κ2) is 11.4. The zero-order valence-corrected chi connectivity index (χ0v) is 20.1. The predicted molar refractivity (Wildman–Crippen MR) is 132 cm³/mol. The molecule has 3 aromatic carbocycles. The van der Waals surface area contributed by atoms with Gasteiger partial charge in [0.2, 0.25) is 0 Å². The molecule has 1 amide bonds. The number of carbonyl (C=O) groups is 1. The van der Waals surface area contributed by atoms with Crippen LogP contribution in [-0.4, -0.2) is 35.2 Å². The quantitative estimate of drug-likeness (QED) is 0.374. The monoisotopic (exact) mass is 484 g/mol. The molecule has 34 heavy (non-hydrogen) atoms. The van der Waals surface area contributed by atoms with Crippen molar-refractivity contribution in [2.45, 2.75) is 24.7 Å². The van der Waals surface area contributed by atoms with Gasteiger partial charge >= 0.3 is 0 Å². The molecule has 8 nitrogen and oxygen atoms in total. The third kappa shape index (κ3) is 6.41. The van der Waals surface area contributed by atoms with Gasteiger partial charge in [0.15, 0.2) is 0 Å². The molecule has 0 fully saturated rings. The number of anilines is 2. The minimum absolute atomic E-state index is 0.108. The van der Waals surface area contributed by atoms with Crippen LogP contribution in [0.4, 0.5) is 11.4 Å². The number of amides is 1. The number of nitrogens with one attached hydrogen (secondary N) is 2. The summed E-state index contributed by atoms with van der Waals surface area (Å²) in [7, 11) is -1.09. The van der Waals surface area contributed by atoms with Gasteiger partial charge in [-0.15, -0.1) is 0 Å². The number of unbranched alkanes of at least 4 members (excludes halogenated alkanes) is 1. The highest BCUT2D eigenvalue weighted by Gasteiger charge is 2.21. The maximum atomic E-state index is 13.0. The van der Waals surface area contributed by atoms with E-state index < -0.39 is 10.0 Å². The number of carbonyl (C=O) groups excluding carboxylic acids is 1. The Morgan fingerprint density at radius 2 is 1.50 bits per heavy atom. The van der Waals surface area contributed by atoms with Gasteiger partial charge < -0.3 is 19.5 Å². The molecule has 0 aliphatic carbocycles. The average molecular weight is 485 g/mol. The van der Waals surface area contributed by atoms with Crippen LogP contribution in [0.5, 0.6) is 17.2 Å². The molecule has 0 aromatic heterocycles. The van der Waals surface area contributed by atoms with E-state index in [-0.39, 0.29) is 16.6 Å². The summed E-state index contributed by atoms with van der Waals surface area (Å²) in [6, 6.07) is 17.7. The lowest BCUT2D eigenvalue weighted by Gasteiger charge is -2.14. The van der Waals surface area contributed by atoms with Crippen molar-refractivity contribution in [2.24, 2.45) is 0 Å². The lowest BCUT2D eigenvalue weighted by molar-refractivity contribution is 0.102. The topological polar surface area (TPSA) is 103 Å². The highest BCUT2D eigenvalue weighted by Crippen LogP contribution is 2.29. The van der Waals surface area contributed by atoms with Crippen LogP contribution < -0.4 is 24.2 Å². The van der Waals surface area contributed by atoms with E-state index in [0.29, 0.717) is 35.0 Å². The normalized spacial score (nSPS) is 10.9. The molecule has 0 unspecified atom stereocenters. The summed E-state index contributed by atoms with van der Waals surface area (Å²) < 4.78 is 44.5. The molecule has 0 spiro atoms. The first-order chi connectivity index (χ1) is 16.4. The predicted octanol–water partition coefficient (Wildman–Crippen LogP) is 4.94. The van der Waals surface area contributed by atoms with Crippen molar-refractivity contribution in [1.29, 1.82) is 0 Å². The van der Waals surface area contributed by atoms with Gasteiger partial charge in [0.05, 0.1) is 20.8 Å². The summed E-state index contributed by atoms with van der Waals surface area (Å²) in [5, 5.41) is 2.73. The van der Waals surface area contributed by atoms with Gasteiger partial charge in [-0.05, 0) is 73.2 Å². The molecule has 0 saturated carbocycles. The first kappa shape index (κ1) is 24.9. The van der Waals surface area contributed by atoms with E-state index in [9.17, 15) is 13.2 Å².